The zero-order valence-electron chi connectivity index (χ0n) is 13.7. The van der Waals surface area contributed by atoms with E-state index in [2.05, 4.69) is 68.7 Å². The van der Waals surface area contributed by atoms with Crippen LogP contribution >= 0.6 is 11.8 Å². The van der Waals surface area contributed by atoms with Gasteiger partial charge in [-0.25, -0.2) is 0 Å². The average Bonchev–Trinajstić information content (AvgIpc) is 2.30. The molecule has 5 heteroatoms. The molecular formula is C14H32N4S. The first-order chi connectivity index (χ1) is 8.70. The minimum Gasteiger partial charge on any atom is -0.357 e. The fraction of sp³-hybridized carbons (Fsp3) is 0.929. The molecular weight excluding hydrogens is 256 g/mol. The van der Waals surface area contributed by atoms with Crippen molar-refractivity contribution in [2.24, 2.45) is 4.99 Å². The molecule has 0 aliphatic rings. The van der Waals surface area contributed by atoms with Crippen LogP contribution in [0.2, 0.25) is 0 Å². The molecule has 0 aromatic rings. The minimum absolute atomic E-state index is 0.165. The van der Waals surface area contributed by atoms with Gasteiger partial charge in [-0.3, -0.25) is 4.99 Å². The van der Waals surface area contributed by atoms with Gasteiger partial charge in [-0.2, -0.15) is 11.8 Å². The van der Waals surface area contributed by atoms with Gasteiger partial charge in [0.2, 0.25) is 0 Å². The maximum absolute atomic E-state index is 4.64. The zero-order chi connectivity index (χ0) is 14.9. The third kappa shape index (κ3) is 11.1. The van der Waals surface area contributed by atoms with Gasteiger partial charge in [0.05, 0.1) is 6.54 Å². The first kappa shape index (κ1) is 18.6. The van der Waals surface area contributed by atoms with E-state index in [1.165, 1.54) is 0 Å². The van der Waals surface area contributed by atoms with Gasteiger partial charge in [0, 0.05) is 29.9 Å². The predicted molar refractivity (Wildman–Crippen MR) is 89.3 cm³/mol. The predicted octanol–water partition coefficient (Wildman–Crippen LogP) is 2.07. The van der Waals surface area contributed by atoms with E-state index in [0.29, 0.717) is 0 Å². The van der Waals surface area contributed by atoms with E-state index in [9.17, 15) is 0 Å². The van der Waals surface area contributed by atoms with Crippen molar-refractivity contribution in [1.82, 2.24) is 16.0 Å². The molecule has 0 fully saturated rings. The first-order valence-corrected chi connectivity index (χ1v) is 8.25. The number of guanidine groups is 1. The van der Waals surface area contributed by atoms with Crippen LogP contribution in [0, 0.1) is 0 Å². The highest BCUT2D eigenvalue weighted by molar-refractivity contribution is 7.99. The van der Waals surface area contributed by atoms with Crippen LogP contribution in [0.15, 0.2) is 4.99 Å². The maximum Gasteiger partial charge on any atom is 0.191 e. The summed E-state index contributed by atoms with van der Waals surface area (Å²) in [6.07, 6.45) is 2.13. The van der Waals surface area contributed by atoms with E-state index in [-0.39, 0.29) is 10.3 Å². The lowest BCUT2D eigenvalue weighted by Crippen LogP contribution is -2.44. The fourth-order valence-electron chi connectivity index (χ4n) is 1.29. The standard InChI is InChI=1S/C14H32N4S/c1-8-15-12(17-11-14(5,6)19-7)16-9-10-18-13(2,3)4/h18H,8-11H2,1-7H3,(H2,15,16,17). The number of nitrogens with zero attached hydrogens (tertiary/aromatic N) is 1. The van der Waals surface area contributed by atoms with E-state index in [0.717, 1.165) is 32.1 Å². The average molecular weight is 289 g/mol. The molecule has 0 amide bonds. The van der Waals surface area contributed by atoms with Crippen LogP contribution in [-0.4, -0.2) is 48.7 Å². The minimum atomic E-state index is 0.165. The molecule has 0 aliphatic heterocycles. The van der Waals surface area contributed by atoms with Crippen LogP contribution in [0.1, 0.15) is 41.5 Å². The molecule has 4 nitrogen and oxygen atoms in total. The number of nitrogens with one attached hydrogen (secondary N) is 3. The molecule has 0 unspecified atom stereocenters. The number of thioether (sulfide) groups is 1. The molecule has 0 bridgehead atoms. The monoisotopic (exact) mass is 288 g/mol. The third-order valence-corrected chi connectivity index (χ3v) is 3.82. The van der Waals surface area contributed by atoms with Crippen LogP contribution in [-0.2, 0) is 0 Å². The highest BCUT2D eigenvalue weighted by Crippen LogP contribution is 2.20. The van der Waals surface area contributed by atoms with Crippen molar-refractivity contribution in [3.05, 3.63) is 0 Å². The van der Waals surface area contributed by atoms with E-state index in [1.807, 2.05) is 11.8 Å². The quantitative estimate of drug-likeness (QED) is 0.381. The van der Waals surface area contributed by atoms with Gasteiger partial charge in [-0.05, 0) is 47.8 Å². The Hall–Kier alpha value is -0.420. The molecule has 0 aliphatic carbocycles. The van der Waals surface area contributed by atoms with Crippen molar-refractivity contribution < 1.29 is 0 Å². The van der Waals surface area contributed by atoms with Crippen LogP contribution in [0.3, 0.4) is 0 Å². The maximum atomic E-state index is 4.64. The largest absolute Gasteiger partial charge is 0.357 e. The SMILES string of the molecule is CCNC(=NCC(C)(C)SC)NCCNC(C)(C)C. The molecule has 0 rings (SSSR count). The Kier molecular flexibility index (Phi) is 8.50. The van der Waals surface area contributed by atoms with E-state index >= 15 is 0 Å². The Balaban J connectivity index is 4.15. The zero-order valence-corrected chi connectivity index (χ0v) is 14.5. The lowest BCUT2D eigenvalue weighted by atomic mass is 10.1. The first-order valence-electron chi connectivity index (χ1n) is 7.02. The summed E-state index contributed by atoms with van der Waals surface area (Å²) in [5.41, 5.74) is 0.165. The van der Waals surface area contributed by atoms with Crippen LogP contribution in [0.5, 0.6) is 0 Å². The smallest absolute Gasteiger partial charge is 0.191 e. The van der Waals surface area contributed by atoms with E-state index in [1.54, 1.807) is 0 Å². The topological polar surface area (TPSA) is 48.5 Å². The molecule has 0 aromatic heterocycles. The summed E-state index contributed by atoms with van der Waals surface area (Å²) in [5, 5.41) is 10.1. The molecule has 0 heterocycles. The van der Waals surface area contributed by atoms with Crippen LogP contribution in [0.25, 0.3) is 0 Å². The fourth-order valence-corrected chi connectivity index (χ4v) is 1.49. The Morgan fingerprint density at radius 2 is 1.68 bits per heavy atom. The summed E-state index contributed by atoms with van der Waals surface area (Å²) < 4.78 is 0.187. The molecule has 0 saturated carbocycles. The van der Waals surface area contributed by atoms with Gasteiger partial charge >= 0.3 is 0 Å². The summed E-state index contributed by atoms with van der Waals surface area (Å²) in [6.45, 7) is 16.5. The van der Waals surface area contributed by atoms with Crippen molar-refractivity contribution in [3.63, 3.8) is 0 Å². The van der Waals surface area contributed by atoms with Crippen molar-refractivity contribution in [1.29, 1.82) is 0 Å². The van der Waals surface area contributed by atoms with Crippen LogP contribution in [0.4, 0.5) is 0 Å². The van der Waals surface area contributed by atoms with Gasteiger partial charge in [-0.1, -0.05) is 0 Å². The van der Waals surface area contributed by atoms with Gasteiger partial charge in [-0.15, -0.1) is 0 Å². The van der Waals surface area contributed by atoms with Gasteiger partial charge in [0.25, 0.3) is 0 Å². The summed E-state index contributed by atoms with van der Waals surface area (Å²) >= 11 is 1.84. The lowest BCUT2D eigenvalue weighted by molar-refractivity contribution is 0.428. The van der Waals surface area contributed by atoms with Crippen molar-refractivity contribution in [2.75, 3.05) is 32.4 Å². The van der Waals surface area contributed by atoms with Crippen molar-refractivity contribution in [3.8, 4) is 0 Å². The Bertz CT molecular complexity index is 269. The molecule has 3 N–H and O–H groups in total. The highest BCUT2D eigenvalue weighted by Gasteiger charge is 2.15. The van der Waals surface area contributed by atoms with Gasteiger partial charge in [0.1, 0.15) is 0 Å². The molecule has 19 heavy (non-hydrogen) atoms. The highest BCUT2D eigenvalue weighted by atomic mass is 32.2. The normalized spacial score (nSPS) is 13.5. The van der Waals surface area contributed by atoms with Crippen molar-refractivity contribution >= 4 is 17.7 Å². The number of rotatable bonds is 7. The van der Waals surface area contributed by atoms with Gasteiger partial charge in [0.15, 0.2) is 5.96 Å². The Morgan fingerprint density at radius 3 is 2.16 bits per heavy atom. The summed E-state index contributed by atoms with van der Waals surface area (Å²) in [6, 6.07) is 0. The van der Waals surface area contributed by atoms with Crippen molar-refractivity contribution in [2.45, 2.75) is 51.8 Å². The van der Waals surface area contributed by atoms with E-state index in [4.69, 9.17) is 0 Å². The summed E-state index contributed by atoms with van der Waals surface area (Å²) in [7, 11) is 0. The summed E-state index contributed by atoms with van der Waals surface area (Å²) in [4.78, 5) is 4.64. The molecule has 114 valence electrons. The second-order valence-corrected chi connectivity index (χ2v) is 7.78. The number of hydrogen-bond acceptors (Lipinski definition) is 3. The third-order valence-electron chi connectivity index (χ3n) is 2.59. The second kappa shape index (κ2) is 8.69. The molecule has 0 saturated heterocycles. The Morgan fingerprint density at radius 1 is 1.05 bits per heavy atom. The molecule has 0 aromatic carbocycles. The lowest BCUT2D eigenvalue weighted by Gasteiger charge is -2.22. The van der Waals surface area contributed by atoms with Crippen LogP contribution < -0.4 is 16.0 Å². The number of hydrogen-bond donors (Lipinski definition) is 3. The van der Waals surface area contributed by atoms with Gasteiger partial charge < -0.3 is 16.0 Å². The molecule has 0 atom stereocenters. The Labute approximate surface area is 123 Å². The summed E-state index contributed by atoms with van der Waals surface area (Å²) in [5.74, 6) is 0.903. The van der Waals surface area contributed by atoms with E-state index < -0.39 is 0 Å². The molecule has 0 spiro atoms. The number of aliphatic imine (C=N–C) groups is 1. The second-order valence-electron chi connectivity index (χ2n) is 6.26. The molecule has 0 radical (unpaired) electrons.